The van der Waals surface area contributed by atoms with Crippen molar-refractivity contribution in [1.82, 2.24) is 39.5 Å². The third-order valence-corrected chi connectivity index (χ3v) is 8.77. The number of carbonyl (C=O) groups is 3. The topological polar surface area (TPSA) is 162 Å². The Kier molecular flexibility index (Phi) is 8.69. The minimum absolute atomic E-state index is 0.0388. The number of hydrogen-bond donors (Lipinski definition) is 3. The summed E-state index contributed by atoms with van der Waals surface area (Å²) in [5, 5.41) is 16.3. The van der Waals surface area contributed by atoms with Crippen LogP contribution in [0, 0.1) is 0 Å². The van der Waals surface area contributed by atoms with Gasteiger partial charge in [-0.05, 0) is 24.3 Å². The number of piperazine rings is 1. The lowest BCUT2D eigenvalue weighted by Gasteiger charge is -2.38. The van der Waals surface area contributed by atoms with Crippen molar-refractivity contribution in [2.45, 2.75) is 24.7 Å². The van der Waals surface area contributed by atoms with Gasteiger partial charge in [-0.1, -0.05) is 11.6 Å². The Morgan fingerprint density at radius 2 is 1.75 bits per heavy atom. The van der Waals surface area contributed by atoms with Crippen molar-refractivity contribution >= 4 is 35.0 Å². The number of anilines is 1. The number of nitrogens with zero attached hydrogens (tertiary/aromatic N) is 8. The maximum absolute atomic E-state index is 13.8. The number of carbonyl (C=O) groups excluding carboxylic acids is 3. The van der Waals surface area contributed by atoms with E-state index in [1.54, 1.807) is 9.80 Å². The molecule has 5 heterocycles. The van der Waals surface area contributed by atoms with Gasteiger partial charge in [0.25, 0.3) is 17.7 Å². The number of halogens is 4. The maximum Gasteiger partial charge on any atom is 0.435 e. The highest BCUT2D eigenvalue weighted by molar-refractivity contribution is 6.34. The number of amides is 3. The van der Waals surface area contributed by atoms with Gasteiger partial charge in [-0.15, -0.1) is 0 Å². The molecule has 3 N–H and O–H groups in total. The molecule has 0 radical (unpaired) electrons. The molecular weight excluding hydrogens is 657 g/mol. The van der Waals surface area contributed by atoms with Crippen LogP contribution >= 0.6 is 11.6 Å². The van der Waals surface area contributed by atoms with Crippen LogP contribution in [-0.2, 0) is 11.0 Å². The van der Waals surface area contributed by atoms with Gasteiger partial charge >= 0.3 is 6.18 Å². The number of aliphatic hydroxyl groups excluding tert-OH is 1. The Morgan fingerprint density at radius 3 is 2.38 bits per heavy atom. The molecule has 2 fully saturated rings. The summed E-state index contributed by atoms with van der Waals surface area (Å²) in [6.07, 6.45) is -0.0558. The van der Waals surface area contributed by atoms with Crippen molar-refractivity contribution in [3.05, 3.63) is 71.2 Å². The third-order valence-electron chi connectivity index (χ3n) is 8.46. The van der Waals surface area contributed by atoms with Gasteiger partial charge in [0.2, 0.25) is 5.95 Å². The second kappa shape index (κ2) is 12.6. The van der Waals surface area contributed by atoms with E-state index in [2.05, 4.69) is 30.4 Å². The molecule has 6 rings (SSSR count). The van der Waals surface area contributed by atoms with Crippen molar-refractivity contribution in [2.24, 2.45) is 0 Å². The van der Waals surface area contributed by atoms with Crippen LogP contribution in [0.5, 0.6) is 0 Å². The number of imidazole rings is 1. The van der Waals surface area contributed by atoms with Crippen LogP contribution in [-0.4, -0.2) is 126 Å². The third kappa shape index (κ3) is 6.61. The summed E-state index contributed by atoms with van der Waals surface area (Å²) in [6.45, 7) is 1.80. The van der Waals surface area contributed by atoms with E-state index in [0.29, 0.717) is 43.6 Å². The molecule has 2 saturated heterocycles. The second-order valence-electron chi connectivity index (χ2n) is 12.2. The largest absolute Gasteiger partial charge is 0.435 e. The first-order valence-corrected chi connectivity index (χ1v) is 15.3. The Bertz CT molecular complexity index is 1850. The van der Waals surface area contributed by atoms with Crippen molar-refractivity contribution in [1.29, 1.82) is 0 Å². The summed E-state index contributed by atoms with van der Waals surface area (Å²) in [4.78, 5) is 57.1. The Labute approximate surface area is 276 Å². The number of likely N-dealkylation sites (N-methyl/N-ethyl adjacent to an activating group) is 1. The molecular formula is C30H31ClF3N10O4+. The number of alkyl halides is 3. The van der Waals surface area contributed by atoms with Gasteiger partial charge in [-0.2, -0.15) is 18.3 Å². The summed E-state index contributed by atoms with van der Waals surface area (Å²) in [5.74, 6) is -1.49. The number of aliphatic hydroxyl groups is 1. The van der Waals surface area contributed by atoms with Crippen LogP contribution in [0.2, 0.25) is 5.02 Å². The fourth-order valence-corrected chi connectivity index (χ4v) is 6.28. The first-order valence-electron chi connectivity index (χ1n) is 14.9. The van der Waals surface area contributed by atoms with Gasteiger partial charge in [0.1, 0.15) is 12.6 Å². The standard InChI is InChI=1S/C30H30ClF3N10O4/c1-44(2)16-18(45)13-23(44)28(48)42-10-8-41(9-11-42)27(47)19-5-4-17(12-21(19)31)38-26(46)25-37-14-22(39-25)20-15-43(29-35-6-3-7-36-29)40-24(20)30(32,33)34/h3-7,12,14-15,18,23,45H,8-11,13,16H2,1-2H3,(H-,37,38,39,46,47)/p+1/t18-,23+/m1/s1. The molecule has 3 aromatic heterocycles. The van der Waals surface area contributed by atoms with Crippen LogP contribution in [0.15, 0.2) is 49.1 Å². The van der Waals surface area contributed by atoms with Crippen molar-refractivity contribution in [2.75, 3.05) is 52.1 Å². The lowest BCUT2D eigenvalue weighted by atomic mass is 10.1. The molecule has 0 unspecified atom stereocenters. The summed E-state index contributed by atoms with van der Waals surface area (Å²) < 4.78 is 42.7. The van der Waals surface area contributed by atoms with Gasteiger partial charge in [-0.25, -0.2) is 19.6 Å². The number of aromatic amines is 1. The van der Waals surface area contributed by atoms with E-state index in [0.717, 1.165) is 17.1 Å². The summed E-state index contributed by atoms with van der Waals surface area (Å²) in [7, 11) is 3.84. The number of likely N-dealkylation sites (tertiary alicyclic amines) is 1. The molecule has 0 saturated carbocycles. The second-order valence-corrected chi connectivity index (χ2v) is 12.6. The fourth-order valence-electron chi connectivity index (χ4n) is 6.02. The maximum atomic E-state index is 13.8. The van der Waals surface area contributed by atoms with E-state index in [1.807, 2.05) is 14.1 Å². The minimum atomic E-state index is -4.82. The molecule has 0 bridgehead atoms. The van der Waals surface area contributed by atoms with Crippen LogP contribution < -0.4 is 5.32 Å². The highest BCUT2D eigenvalue weighted by Crippen LogP contribution is 2.36. The van der Waals surface area contributed by atoms with Crippen LogP contribution in [0.25, 0.3) is 17.2 Å². The van der Waals surface area contributed by atoms with Gasteiger partial charge < -0.3 is 29.7 Å². The molecule has 2 aliphatic rings. The summed E-state index contributed by atoms with van der Waals surface area (Å²) in [5.41, 5.74) is -1.27. The number of H-pyrrole nitrogens is 1. The van der Waals surface area contributed by atoms with E-state index in [-0.39, 0.29) is 57.2 Å². The number of aromatic nitrogens is 6. The van der Waals surface area contributed by atoms with Crippen LogP contribution in [0.1, 0.15) is 33.1 Å². The first kappa shape index (κ1) is 33.0. The quantitative estimate of drug-likeness (QED) is 0.261. The predicted molar refractivity (Wildman–Crippen MR) is 165 cm³/mol. The molecule has 18 heteroatoms. The number of quaternary nitrogens is 1. The molecule has 2 atom stereocenters. The molecule has 0 spiro atoms. The highest BCUT2D eigenvalue weighted by Gasteiger charge is 2.46. The van der Waals surface area contributed by atoms with Crippen LogP contribution in [0.3, 0.4) is 0 Å². The Hall–Kier alpha value is -4.87. The van der Waals surface area contributed by atoms with E-state index < -0.39 is 23.9 Å². The molecule has 3 amide bonds. The Balaban J connectivity index is 1.10. The lowest BCUT2D eigenvalue weighted by Crippen LogP contribution is -2.58. The monoisotopic (exact) mass is 687 g/mol. The van der Waals surface area contributed by atoms with E-state index in [4.69, 9.17) is 11.6 Å². The van der Waals surface area contributed by atoms with Crippen molar-refractivity contribution in [3.63, 3.8) is 0 Å². The number of nitrogens with one attached hydrogen (secondary N) is 2. The fraction of sp³-hybridized carbons (Fsp3) is 0.367. The van der Waals surface area contributed by atoms with Crippen LogP contribution in [0.4, 0.5) is 18.9 Å². The van der Waals surface area contributed by atoms with E-state index in [9.17, 15) is 32.7 Å². The summed E-state index contributed by atoms with van der Waals surface area (Å²) >= 11 is 6.44. The average Bonchev–Trinajstić information content (AvgIpc) is 3.78. The Morgan fingerprint density at radius 1 is 1.06 bits per heavy atom. The SMILES string of the molecule is C[N+]1(C)C[C@H](O)C[C@H]1C(=O)N1CCN(C(=O)c2ccc(NC(=O)c3ncc(-c4cn(-c5ncccn5)nc4C(F)(F)F)[nH]3)cc2Cl)CC1. The molecule has 1 aromatic carbocycles. The molecule has 2 aliphatic heterocycles. The number of benzene rings is 1. The van der Waals surface area contributed by atoms with Crippen molar-refractivity contribution in [3.8, 4) is 17.2 Å². The van der Waals surface area contributed by atoms with E-state index in [1.165, 1.54) is 36.7 Å². The number of rotatable bonds is 6. The van der Waals surface area contributed by atoms with Gasteiger partial charge in [0, 0.05) is 56.9 Å². The molecule has 4 aromatic rings. The lowest BCUT2D eigenvalue weighted by molar-refractivity contribution is -0.894. The van der Waals surface area contributed by atoms with Gasteiger partial charge in [-0.3, -0.25) is 14.4 Å². The minimum Gasteiger partial charge on any atom is -0.387 e. The molecule has 252 valence electrons. The molecule has 48 heavy (non-hydrogen) atoms. The normalized spacial score (nSPS) is 19.4. The zero-order valence-corrected chi connectivity index (χ0v) is 26.5. The van der Waals surface area contributed by atoms with Crippen molar-refractivity contribution < 1.29 is 37.1 Å². The zero-order valence-electron chi connectivity index (χ0n) is 25.8. The summed E-state index contributed by atoms with van der Waals surface area (Å²) in [6, 6.07) is 5.49. The van der Waals surface area contributed by atoms with E-state index >= 15 is 0 Å². The zero-order chi connectivity index (χ0) is 34.4. The van der Waals surface area contributed by atoms with Gasteiger partial charge in [0.05, 0.1) is 42.1 Å². The predicted octanol–water partition coefficient (Wildman–Crippen LogP) is 2.47. The highest BCUT2D eigenvalue weighted by atomic mass is 35.5. The smallest absolute Gasteiger partial charge is 0.387 e. The average molecular weight is 688 g/mol. The molecule has 0 aliphatic carbocycles. The molecule has 14 nitrogen and oxygen atoms in total. The first-order chi connectivity index (χ1) is 22.7. The van der Waals surface area contributed by atoms with Gasteiger partial charge in [0.15, 0.2) is 17.6 Å². The number of hydrogen-bond acceptors (Lipinski definition) is 8.